The molecular weight excluding hydrogens is 416 g/mol. The van der Waals surface area contributed by atoms with E-state index in [1.54, 1.807) is 19.1 Å². The highest BCUT2D eigenvalue weighted by Gasteiger charge is 2.35. The summed E-state index contributed by atoms with van der Waals surface area (Å²) in [5.41, 5.74) is 0.704. The Labute approximate surface area is 164 Å². The van der Waals surface area contributed by atoms with Crippen LogP contribution in [0.2, 0.25) is 0 Å². The molecule has 3 rings (SSSR count). The van der Waals surface area contributed by atoms with E-state index in [0.717, 1.165) is 12.8 Å². The van der Waals surface area contributed by atoms with Gasteiger partial charge in [-0.25, -0.2) is 9.78 Å². The molecule has 0 amide bonds. The van der Waals surface area contributed by atoms with Crippen molar-refractivity contribution in [2.45, 2.75) is 32.3 Å². The highest BCUT2D eigenvalue weighted by Crippen LogP contribution is 2.32. The van der Waals surface area contributed by atoms with Crippen LogP contribution < -0.4 is 4.90 Å². The third kappa shape index (κ3) is 3.74. The van der Waals surface area contributed by atoms with Gasteiger partial charge in [-0.2, -0.15) is 9.61 Å². The van der Waals surface area contributed by atoms with Crippen molar-refractivity contribution >= 4 is 39.1 Å². The molecule has 144 valence electrons. The van der Waals surface area contributed by atoms with Gasteiger partial charge in [0.15, 0.2) is 5.65 Å². The highest BCUT2D eigenvalue weighted by molar-refractivity contribution is 9.10. The summed E-state index contributed by atoms with van der Waals surface area (Å²) in [6.45, 7) is 9.05. The molecule has 0 unspecified atom stereocenters. The number of carboxylic acids is 1. The van der Waals surface area contributed by atoms with E-state index in [0.29, 0.717) is 41.5 Å². The largest absolute Gasteiger partial charge is 0.475 e. The zero-order valence-electron chi connectivity index (χ0n) is 15.2. The number of nitrogens with zero attached hydrogens (tertiary/aromatic N) is 4. The Morgan fingerprint density at radius 3 is 2.70 bits per heavy atom. The van der Waals surface area contributed by atoms with E-state index in [9.17, 15) is 14.7 Å². The number of hydrogen-bond donors (Lipinski definition) is 1. The number of carbonyl (C=O) groups excluding carboxylic acids is 1. The molecule has 9 heteroatoms. The Balaban J connectivity index is 2.05. The molecule has 1 aliphatic heterocycles. The molecule has 1 aliphatic rings. The third-order valence-corrected chi connectivity index (χ3v) is 5.21. The SMILES string of the molecule is C=CCOC1(C)CCN(c2c(C(=O)C(=O)O)c(C)nc3cc(Br)nn23)CC1. The van der Waals surface area contributed by atoms with Crippen molar-refractivity contribution in [1.82, 2.24) is 14.6 Å². The molecule has 0 atom stereocenters. The third-order valence-electron chi connectivity index (χ3n) is 4.82. The first-order valence-corrected chi connectivity index (χ1v) is 9.38. The van der Waals surface area contributed by atoms with Crippen molar-refractivity contribution in [1.29, 1.82) is 0 Å². The zero-order valence-corrected chi connectivity index (χ0v) is 16.8. The maximum atomic E-state index is 12.4. The van der Waals surface area contributed by atoms with Gasteiger partial charge in [0.05, 0.1) is 23.5 Å². The molecular formula is C18H21BrN4O4. The van der Waals surface area contributed by atoms with E-state index in [4.69, 9.17) is 4.74 Å². The summed E-state index contributed by atoms with van der Waals surface area (Å²) in [6, 6.07) is 1.73. The smallest absolute Gasteiger partial charge is 0.377 e. The van der Waals surface area contributed by atoms with Crippen LogP contribution in [-0.2, 0) is 9.53 Å². The lowest BCUT2D eigenvalue weighted by molar-refractivity contribution is -0.131. The van der Waals surface area contributed by atoms with E-state index in [1.165, 1.54) is 4.52 Å². The standard InChI is InChI=1S/C18H21BrN4O4/c1-4-9-27-18(3)5-7-22(8-6-18)16-14(15(24)17(25)26)11(2)20-13-10-12(19)21-23(13)16/h4,10H,1,5-9H2,2-3H3,(H,25,26). The fourth-order valence-electron chi connectivity index (χ4n) is 3.34. The summed E-state index contributed by atoms with van der Waals surface area (Å²) in [5.74, 6) is -2.04. The molecule has 27 heavy (non-hydrogen) atoms. The lowest BCUT2D eigenvalue weighted by atomic mass is 9.93. The summed E-state index contributed by atoms with van der Waals surface area (Å²) in [7, 11) is 0. The minimum absolute atomic E-state index is 0.0706. The van der Waals surface area contributed by atoms with E-state index in [-0.39, 0.29) is 11.2 Å². The molecule has 1 N–H and O–H groups in total. The van der Waals surface area contributed by atoms with Crippen molar-refractivity contribution in [2.75, 3.05) is 24.6 Å². The fourth-order valence-corrected chi connectivity index (χ4v) is 3.70. The minimum Gasteiger partial charge on any atom is -0.475 e. The fraction of sp³-hybridized carbons (Fsp3) is 0.444. The summed E-state index contributed by atoms with van der Waals surface area (Å²) >= 11 is 3.32. The average molecular weight is 437 g/mol. The Kier molecular flexibility index (Phi) is 5.34. The quantitative estimate of drug-likeness (QED) is 0.422. The van der Waals surface area contributed by atoms with Crippen LogP contribution in [0.1, 0.15) is 35.8 Å². The van der Waals surface area contributed by atoms with E-state index >= 15 is 0 Å². The average Bonchev–Trinajstić information content (AvgIpc) is 2.98. The van der Waals surface area contributed by atoms with Crippen LogP contribution in [0.4, 0.5) is 5.82 Å². The monoisotopic (exact) mass is 436 g/mol. The Bertz CT molecular complexity index is 916. The van der Waals surface area contributed by atoms with Gasteiger partial charge >= 0.3 is 5.97 Å². The topological polar surface area (TPSA) is 97.0 Å². The number of hydrogen-bond acceptors (Lipinski definition) is 6. The first-order valence-electron chi connectivity index (χ1n) is 8.59. The van der Waals surface area contributed by atoms with Gasteiger partial charge in [0.2, 0.25) is 0 Å². The van der Waals surface area contributed by atoms with E-state index < -0.39 is 11.8 Å². The first kappa shape index (κ1) is 19.5. The molecule has 0 bridgehead atoms. The van der Waals surface area contributed by atoms with Crippen LogP contribution in [0.3, 0.4) is 0 Å². The van der Waals surface area contributed by atoms with Crippen molar-refractivity contribution in [2.24, 2.45) is 0 Å². The number of rotatable bonds is 6. The molecule has 2 aromatic rings. The van der Waals surface area contributed by atoms with Gasteiger partial charge in [-0.1, -0.05) is 6.08 Å². The Hall–Kier alpha value is -2.26. The van der Waals surface area contributed by atoms with E-state index in [1.807, 2.05) is 4.90 Å². The van der Waals surface area contributed by atoms with Gasteiger partial charge in [0, 0.05) is 19.2 Å². The molecule has 0 saturated carbocycles. The zero-order chi connectivity index (χ0) is 19.8. The lowest BCUT2D eigenvalue weighted by Gasteiger charge is -2.40. The molecule has 3 heterocycles. The van der Waals surface area contributed by atoms with Gasteiger partial charge < -0.3 is 14.7 Å². The second-order valence-corrected chi connectivity index (χ2v) is 7.62. The molecule has 1 fully saturated rings. The van der Waals surface area contributed by atoms with Crippen molar-refractivity contribution < 1.29 is 19.4 Å². The van der Waals surface area contributed by atoms with Gasteiger partial charge in [-0.05, 0) is 42.6 Å². The number of piperidine rings is 1. The number of aromatic nitrogens is 3. The number of halogens is 1. The second-order valence-electron chi connectivity index (χ2n) is 6.80. The van der Waals surface area contributed by atoms with Crippen molar-refractivity contribution in [3.05, 3.63) is 34.6 Å². The first-order chi connectivity index (χ1) is 12.8. The number of fused-ring (bicyclic) bond motifs is 1. The predicted octanol–water partition coefficient (Wildman–Crippen LogP) is 2.63. The van der Waals surface area contributed by atoms with Crippen LogP contribution in [-0.4, -0.2) is 56.8 Å². The van der Waals surface area contributed by atoms with Crippen LogP contribution in [0.25, 0.3) is 5.65 Å². The van der Waals surface area contributed by atoms with Gasteiger partial charge in [-0.3, -0.25) is 4.79 Å². The number of carbonyl (C=O) groups is 2. The molecule has 2 aromatic heterocycles. The minimum atomic E-state index is -1.51. The summed E-state index contributed by atoms with van der Waals surface area (Å²) in [4.78, 5) is 30.1. The second kappa shape index (κ2) is 7.40. The number of Topliss-reactive ketones (excluding diaryl/α,β-unsaturated/α-hetero) is 1. The van der Waals surface area contributed by atoms with Gasteiger partial charge in [0.25, 0.3) is 5.78 Å². The van der Waals surface area contributed by atoms with Crippen LogP contribution in [0.5, 0.6) is 0 Å². The lowest BCUT2D eigenvalue weighted by Crippen LogP contribution is -2.45. The summed E-state index contributed by atoms with van der Waals surface area (Å²) in [5, 5.41) is 13.6. The van der Waals surface area contributed by atoms with Gasteiger partial charge in [0.1, 0.15) is 10.4 Å². The number of ketones is 1. The maximum Gasteiger partial charge on any atom is 0.377 e. The predicted molar refractivity (Wildman–Crippen MR) is 103 cm³/mol. The molecule has 8 nitrogen and oxygen atoms in total. The normalized spacial score (nSPS) is 16.5. The molecule has 0 radical (unpaired) electrons. The number of aliphatic carboxylic acids is 1. The number of anilines is 1. The molecule has 0 aliphatic carbocycles. The Morgan fingerprint density at radius 1 is 1.44 bits per heavy atom. The molecule has 0 aromatic carbocycles. The van der Waals surface area contributed by atoms with Crippen molar-refractivity contribution in [3.8, 4) is 0 Å². The maximum absolute atomic E-state index is 12.4. The number of ether oxygens (including phenoxy) is 1. The molecule has 1 saturated heterocycles. The van der Waals surface area contributed by atoms with Crippen molar-refractivity contribution in [3.63, 3.8) is 0 Å². The highest BCUT2D eigenvalue weighted by atomic mass is 79.9. The Morgan fingerprint density at radius 2 is 2.11 bits per heavy atom. The number of carboxylic acid groups (broad SMARTS) is 1. The summed E-state index contributed by atoms with van der Waals surface area (Å²) < 4.78 is 7.98. The van der Waals surface area contributed by atoms with E-state index in [2.05, 4.69) is 39.5 Å². The van der Waals surface area contributed by atoms with Gasteiger partial charge in [-0.15, -0.1) is 6.58 Å². The van der Waals surface area contributed by atoms with Crippen LogP contribution in [0, 0.1) is 6.92 Å². The van der Waals surface area contributed by atoms with Crippen LogP contribution >= 0.6 is 15.9 Å². The number of aryl methyl sites for hydroxylation is 1. The van der Waals surface area contributed by atoms with Crippen LogP contribution in [0.15, 0.2) is 23.3 Å². The molecule has 0 spiro atoms. The summed E-state index contributed by atoms with van der Waals surface area (Å²) in [6.07, 6.45) is 3.18.